The van der Waals surface area contributed by atoms with Crippen molar-refractivity contribution in [2.45, 2.75) is 42.8 Å². The van der Waals surface area contributed by atoms with Crippen molar-refractivity contribution in [3.8, 4) is 0 Å². The Bertz CT molecular complexity index is 660. The number of amides is 1. The fourth-order valence-electron chi connectivity index (χ4n) is 4.07. The lowest BCUT2D eigenvalue weighted by Gasteiger charge is -2.33. The summed E-state index contributed by atoms with van der Waals surface area (Å²) in [6.45, 7) is 1.69. The average Bonchev–Trinajstić information content (AvgIpc) is 3.34. The summed E-state index contributed by atoms with van der Waals surface area (Å²) in [5.41, 5.74) is -0.247. The average molecular weight is 362 g/mol. The first kappa shape index (κ1) is 16.3. The highest BCUT2D eigenvalue weighted by Crippen LogP contribution is 2.45. The lowest BCUT2D eigenvalue weighted by Crippen LogP contribution is -2.46. The van der Waals surface area contributed by atoms with E-state index >= 15 is 0 Å². The number of hydrogen-bond donors (Lipinski definition) is 0. The van der Waals surface area contributed by atoms with Crippen LogP contribution in [0.2, 0.25) is 0 Å². The van der Waals surface area contributed by atoms with E-state index in [9.17, 15) is 4.79 Å². The maximum absolute atomic E-state index is 13.5. The third-order valence-electron chi connectivity index (χ3n) is 5.35. The zero-order valence-electron chi connectivity index (χ0n) is 13.8. The Labute approximate surface area is 151 Å². The van der Waals surface area contributed by atoms with Gasteiger partial charge in [0.25, 0.3) is 0 Å². The van der Waals surface area contributed by atoms with Gasteiger partial charge in [-0.25, -0.2) is 0 Å². The van der Waals surface area contributed by atoms with E-state index in [1.807, 2.05) is 17.8 Å². The number of carbonyl (C=O) groups is 1. The van der Waals surface area contributed by atoms with Crippen LogP contribution < -0.4 is 0 Å². The molecule has 0 aromatic carbocycles. The van der Waals surface area contributed by atoms with Gasteiger partial charge in [0.1, 0.15) is 5.76 Å². The number of rotatable bonds is 3. The monoisotopic (exact) mass is 361 g/mol. The first-order chi connectivity index (χ1) is 11.8. The second-order valence-corrected chi connectivity index (χ2v) is 8.98. The molecule has 1 unspecified atom stereocenters. The van der Waals surface area contributed by atoms with Gasteiger partial charge < -0.3 is 9.32 Å². The highest BCUT2D eigenvalue weighted by Gasteiger charge is 2.45. The molecule has 3 nitrogen and oxygen atoms in total. The Hall–Kier alpha value is -1.20. The number of thioether (sulfide) groups is 1. The molecule has 1 saturated carbocycles. The van der Waals surface area contributed by atoms with E-state index in [1.165, 1.54) is 17.7 Å². The van der Waals surface area contributed by atoms with Crippen molar-refractivity contribution in [3.05, 3.63) is 46.5 Å². The molecule has 1 amide bonds. The summed E-state index contributed by atoms with van der Waals surface area (Å²) in [6.07, 6.45) is 7.08. The van der Waals surface area contributed by atoms with Crippen LogP contribution in [0.5, 0.6) is 0 Å². The molecule has 0 bridgehead atoms. The van der Waals surface area contributed by atoms with Crippen molar-refractivity contribution >= 4 is 29.0 Å². The maximum Gasteiger partial charge on any atom is 0.234 e. The Morgan fingerprint density at radius 1 is 1.21 bits per heavy atom. The molecule has 0 radical (unpaired) electrons. The van der Waals surface area contributed by atoms with Crippen LogP contribution in [-0.2, 0) is 10.2 Å². The predicted molar refractivity (Wildman–Crippen MR) is 99.6 cm³/mol. The summed E-state index contributed by atoms with van der Waals surface area (Å²) in [6, 6.07) is 8.25. The molecule has 24 heavy (non-hydrogen) atoms. The van der Waals surface area contributed by atoms with Gasteiger partial charge in [-0.05, 0) is 42.8 Å². The third kappa shape index (κ3) is 2.93. The molecular formula is C19H23NO2S2. The third-order valence-corrected chi connectivity index (χ3v) is 7.71. The van der Waals surface area contributed by atoms with Gasteiger partial charge in [-0.15, -0.1) is 23.1 Å². The Morgan fingerprint density at radius 3 is 2.79 bits per heavy atom. The summed E-state index contributed by atoms with van der Waals surface area (Å²) in [5.74, 6) is 2.39. The molecule has 2 aromatic rings. The van der Waals surface area contributed by atoms with Crippen molar-refractivity contribution in [3.63, 3.8) is 0 Å². The maximum atomic E-state index is 13.5. The smallest absolute Gasteiger partial charge is 0.234 e. The number of nitrogens with zero attached hydrogens (tertiary/aromatic N) is 1. The topological polar surface area (TPSA) is 33.5 Å². The van der Waals surface area contributed by atoms with E-state index in [2.05, 4.69) is 28.5 Å². The summed E-state index contributed by atoms with van der Waals surface area (Å²) in [4.78, 5) is 16.9. The molecule has 0 spiro atoms. The lowest BCUT2D eigenvalue weighted by atomic mass is 9.82. The molecule has 1 aliphatic heterocycles. The minimum atomic E-state index is -0.247. The molecule has 2 aromatic heterocycles. The van der Waals surface area contributed by atoms with Crippen molar-refractivity contribution in [2.75, 3.05) is 18.8 Å². The van der Waals surface area contributed by atoms with Gasteiger partial charge >= 0.3 is 0 Å². The minimum Gasteiger partial charge on any atom is -0.468 e. The lowest BCUT2D eigenvalue weighted by molar-refractivity contribution is -0.137. The van der Waals surface area contributed by atoms with Crippen LogP contribution in [0.15, 0.2) is 40.3 Å². The summed E-state index contributed by atoms with van der Waals surface area (Å²) in [5, 5.41) is 2.48. The van der Waals surface area contributed by atoms with Gasteiger partial charge in [0.15, 0.2) is 0 Å². The van der Waals surface area contributed by atoms with Crippen molar-refractivity contribution in [2.24, 2.45) is 0 Å². The van der Waals surface area contributed by atoms with Crippen LogP contribution in [-0.4, -0.2) is 29.6 Å². The van der Waals surface area contributed by atoms with Gasteiger partial charge in [0.05, 0.1) is 16.9 Å². The van der Waals surface area contributed by atoms with E-state index in [1.54, 1.807) is 17.6 Å². The van der Waals surface area contributed by atoms with Gasteiger partial charge in [-0.3, -0.25) is 4.79 Å². The molecule has 1 atom stereocenters. The van der Waals surface area contributed by atoms with Crippen LogP contribution in [0.4, 0.5) is 0 Å². The Balaban J connectivity index is 1.51. The van der Waals surface area contributed by atoms with Crippen molar-refractivity contribution in [1.82, 2.24) is 4.90 Å². The largest absolute Gasteiger partial charge is 0.468 e. The van der Waals surface area contributed by atoms with Crippen LogP contribution >= 0.6 is 23.1 Å². The normalized spacial score (nSPS) is 24.0. The van der Waals surface area contributed by atoms with Gasteiger partial charge in [-0.2, -0.15) is 0 Å². The Morgan fingerprint density at radius 2 is 2.08 bits per heavy atom. The summed E-state index contributed by atoms with van der Waals surface area (Å²) >= 11 is 3.66. The number of carbonyl (C=O) groups excluding carboxylic acids is 1. The fraction of sp³-hybridized carbons (Fsp3) is 0.526. The molecule has 2 fully saturated rings. The highest BCUT2D eigenvalue weighted by molar-refractivity contribution is 7.99. The number of thiophene rings is 1. The molecule has 4 rings (SSSR count). The second kappa shape index (κ2) is 6.96. The molecule has 3 heterocycles. The molecule has 128 valence electrons. The molecule has 1 aliphatic carbocycles. The van der Waals surface area contributed by atoms with Gasteiger partial charge in [-0.1, -0.05) is 18.9 Å². The molecule has 2 aliphatic rings. The van der Waals surface area contributed by atoms with Gasteiger partial charge in [0, 0.05) is 23.7 Å². The second-order valence-electron chi connectivity index (χ2n) is 6.72. The predicted octanol–water partition coefficient (Wildman–Crippen LogP) is 4.86. The van der Waals surface area contributed by atoms with E-state index in [4.69, 9.17) is 4.42 Å². The van der Waals surface area contributed by atoms with Crippen molar-refractivity contribution < 1.29 is 9.21 Å². The first-order valence-electron chi connectivity index (χ1n) is 8.78. The Kier molecular flexibility index (Phi) is 4.72. The van der Waals surface area contributed by atoms with Gasteiger partial charge in [0.2, 0.25) is 5.91 Å². The van der Waals surface area contributed by atoms with E-state index in [-0.39, 0.29) is 5.41 Å². The molecule has 5 heteroatoms. The highest BCUT2D eigenvalue weighted by atomic mass is 32.2. The zero-order chi connectivity index (χ0) is 16.4. The quantitative estimate of drug-likeness (QED) is 0.783. The van der Waals surface area contributed by atoms with Crippen LogP contribution in [0.1, 0.15) is 48.0 Å². The van der Waals surface area contributed by atoms with Crippen LogP contribution in [0.3, 0.4) is 0 Å². The number of furan rings is 1. The summed E-state index contributed by atoms with van der Waals surface area (Å²) in [7, 11) is 0. The summed E-state index contributed by atoms with van der Waals surface area (Å²) < 4.78 is 5.58. The van der Waals surface area contributed by atoms with Crippen LogP contribution in [0.25, 0.3) is 0 Å². The standard InChI is InChI=1S/C19H23NO2S2/c21-18(19(8-1-2-9-19)17-6-4-13-24-17)20-10-7-16(23-14-11-20)15-5-3-12-22-15/h3-6,12-13,16H,1-2,7-11,14H2. The SMILES string of the molecule is O=C(N1CCSC(c2ccco2)CC1)C1(c2cccs2)CCCC1. The first-order valence-corrected chi connectivity index (χ1v) is 10.7. The fourth-order valence-corrected chi connectivity index (χ4v) is 6.23. The van der Waals surface area contributed by atoms with E-state index in [0.29, 0.717) is 11.2 Å². The molecule has 1 saturated heterocycles. The van der Waals surface area contributed by atoms with Crippen molar-refractivity contribution in [1.29, 1.82) is 0 Å². The number of hydrogen-bond acceptors (Lipinski definition) is 4. The molecule has 0 N–H and O–H groups in total. The van der Waals surface area contributed by atoms with Crippen LogP contribution in [0, 0.1) is 0 Å². The van der Waals surface area contributed by atoms with E-state index < -0.39 is 0 Å². The molecular weight excluding hydrogens is 338 g/mol. The minimum absolute atomic E-state index is 0.247. The van der Waals surface area contributed by atoms with E-state index in [0.717, 1.165) is 43.9 Å². The zero-order valence-corrected chi connectivity index (χ0v) is 15.4.